The summed E-state index contributed by atoms with van der Waals surface area (Å²) in [5.41, 5.74) is 0. The number of alkyl halides is 1. The molecule has 0 radical (unpaired) electrons. The predicted octanol–water partition coefficient (Wildman–Crippen LogP) is 1.34. The molecule has 7 heteroatoms. The molecule has 104 valence electrons. The molecule has 18 heavy (non-hydrogen) atoms. The SMILES string of the molecule is COCCN(c1nnc(CCCl)o1)C(C)COC. The summed E-state index contributed by atoms with van der Waals surface area (Å²) in [6.45, 7) is 3.87. The number of ether oxygens (including phenoxy) is 2. The van der Waals surface area contributed by atoms with Crippen LogP contribution < -0.4 is 4.90 Å². The van der Waals surface area contributed by atoms with E-state index < -0.39 is 0 Å². The van der Waals surface area contributed by atoms with E-state index in [-0.39, 0.29) is 6.04 Å². The summed E-state index contributed by atoms with van der Waals surface area (Å²) in [7, 11) is 3.32. The molecule has 6 nitrogen and oxygen atoms in total. The van der Waals surface area contributed by atoms with Crippen LogP contribution in [0.4, 0.5) is 6.01 Å². The molecule has 0 bridgehead atoms. The van der Waals surface area contributed by atoms with Gasteiger partial charge in [-0.05, 0) is 6.92 Å². The van der Waals surface area contributed by atoms with Crippen molar-refractivity contribution in [2.75, 3.05) is 44.8 Å². The normalized spacial score (nSPS) is 12.7. The lowest BCUT2D eigenvalue weighted by Gasteiger charge is -2.26. The van der Waals surface area contributed by atoms with E-state index in [4.69, 9.17) is 25.5 Å². The summed E-state index contributed by atoms with van der Waals surface area (Å²) in [5, 5.41) is 7.98. The van der Waals surface area contributed by atoms with Crippen LogP contribution in [-0.2, 0) is 15.9 Å². The van der Waals surface area contributed by atoms with Crippen LogP contribution in [0.1, 0.15) is 12.8 Å². The van der Waals surface area contributed by atoms with Crippen molar-refractivity contribution >= 4 is 17.6 Å². The second kappa shape index (κ2) is 8.29. The number of nitrogens with zero attached hydrogens (tertiary/aromatic N) is 3. The number of anilines is 1. The quantitative estimate of drug-likeness (QED) is 0.635. The van der Waals surface area contributed by atoms with Crippen LogP contribution in [0.15, 0.2) is 4.42 Å². The second-order valence-electron chi connectivity index (χ2n) is 3.91. The van der Waals surface area contributed by atoms with Crippen molar-refractivity contribution in [3.05, 3.63) is 5.89 Å². The third kappa shape index (κ3) is 4.44. The molecule has 0 aliphatic rings. The molecule has 1 atom stereocenters. The predicted molar refractivity (Wildman–Crippen MR) is 69.3 cm³/mol. The maximum Gasteiger partial charge on any atom is 0.318 e. The van der Waals surface area contributed by atoms with Gasteiger partial charge < -0.3 is 18.8 Å². The van der Waals surface area contributed by atoms with Crippen LogP contribution in [0.3, 0.4) is 0 Å². The number of hydrogen-bond donors (Lipinski definition) is 0. The zero-order valence-corrected chi connectivity index (χ0v) is 11.8. The van der Waals surface area contributed by atoms with Crippen molar-refractivity contribution in [2.24, 2.45) is 0 Å². The maximum atomic E-state index is 5.64. The van der Waals surface area contributed by atoms with E-state index >= 15 is 0 Å². The van der Waals surface area contributed by atoms with Gasteiger partial charge >= 0.3 is 6.01 Å². The molecule has 1 aromatic heterocycles. The van der Waals surface area contributed by atoms with Crippen LogP contribution in [0, 0.1) is 0 Å². The Kier molecular flexibility index (Phi) is 7.00. The largest absolute Gasteiger partial charge is 0.408 e. The Hall–Kier alpha value is -0.850. The summed E-state index contributed by atoms with van der Waals surface area (Å²) < 4.78 is 15.8. The van der Waals surface area contributed by atoms with Crippen molar-refractivity contribution in [2.45, 2.75) is 19.4 Å². The van der Waals surface area contributed by atoms with Gasteiger partial charge in [-0.1, -0.05) is 5.10 Å². The second-order valence-corrected chi connectivity index (χ2v) is 4.29. The molecule has 1 rings (SSSR count). The van der Waals surface area contributed by atoms with Gasteiger partial charge in [-0.15, -0.1) is 16.7 Å². The Morgan fingerprint density at radius 1 is 1.33 bits per heavy atom. The first-order chi connectivity index (χ1) is 8.72. The summed E-state index contributed by atoms with van der Waals surface area (Å²) in [6.07, 6.45) is 0.575. The molecule has 0 aromatic carbocycles. The molecule has 0 spiro atoms. The highest BCUT2D eigenvalue weighted by Gasteiger charge is 2.20. The lowest BCUT2D eigenvalue weighted by molar-refractivity contribution is 0.168. The molecule has 0 saturated carbocycles. The highest BCUT2D eigenvalue weighted by Crippen LogP contribution is 2.16. The third-order valence-electron chi connectivity index (χ3n) is 2.49. The number of rotatable bonds is 9. The van der Waals surface area contributed by atoms with E-state index in [1.807, 2.05) is 11.8 Å². The van der Waals surface area contributed by atoms with Gasteiger partial charge in [-0.3, -0.25) is 0 Å². The summed E-state index contributed by atoms with van der Waals surface area (Å²) in [5.74, 6) is 1.01. The van der Waals surface area contributed by atoms with Crippen molar-refractivity contribution in [3.8, 4) is 0 Å². The summed E-state index contributed by atoms with van der Waals surface area (Å²) in [4.78, 5) is 1.97. The van der Waals surface area contributed by atoms with Gasteiger partial charge in [0.2, 0.25) is 5.89 Å². The van der Waals surface area contributed by atoms with E-state index in [2.05, 4.69) is 10.2 Å². The molecule has 0 aliphatic heterocycles. The van der Waals surface area contributed by atoms with Crippen molar-refractivity contribution in [1.82, 2.24) is 10.2 Å². The minimum atomic E-state index is 0.134. The van der Waals surface area contributed by atoms with E-state index in [1.165, 1.54) is 0 Å². The highest BCUT2D eigenvalue weighted by atomic mass is 35.5. The molecule has 0 fully saturated rings. The summed E-state index contributed by atoms with van der Waals surface area (Å²) >= 11 is 5.64. The number of aryl methyl sites for hydroxylation is 1. The Balaban J connectivity index is 2.72. The van der Waals surface area contributed by atoms with Crippen molar-refractivity contribution in [3.63, 3.8) is 0 Å². The van der Waals surface area contributed by atoms with Crippen LogP contribution in [0.25, 0.3) is 0 Å². The highest BCUT2D eigenvalue weighted by molar-refractivity contribution is 6.17. The topological polar surface area (TPSA) is 60.6 Å². The molecule has 1 aromatic rings. The Morgan fingerprint density at radius 3 is 2.72 bits per heavy atom. The Labute approximate surface area is 112 Å². The first-order valence-corrected chi connectivity index (χ1v) is 6.39. The standard InChI is InChI=1S/C11H20ClN3O3/c1-9(8-17-3)15(6-7-16-2)11-14-13-10(18-11)4-5-12/h9H,4-8H2,1-3H3. The van der Waals surface area contributed by atoms with Crippen molar-refractivity contribution in [1.29, 1.82) is 0 Å². The van der Waals surface area contributed by atoms with Crippen LogP contribution in [0.5, 0.6) is 0 Å². The van der Waals surface area contributed by atoms with Gasteiger partial charge in [-0.25, -0.2) is 0 Å². The maximum absolute atomic E-state index is 5.64. The average molecular weight is 278 g/mol. The summed E-state index contributed by atoms with van der Waals surface area (Å²) in [6, 6.07) is 0.617. The molecule has 0 saturated heterocycles. The fraction of sp³-hybridized carbons (Fsp3) is 0.818. The minimum absolute atomic E-state index is 0.134. The molecule has 1 unspecified atom stereocenters. The van der Waals surface area contributed by atoms with Gasteiger partial charge in [0.1, 0.15) is 0 Å². The van der Waals surface area contributed by atoms with Gasteiger partial charge in [0.05, 0.1) is 19.3 Å². The van der Waals surface area contributed by atoms with E-state index in [0.717, 1.165) is 0 Å². The molecule has 0 amide bonds. The number of aromatic nitrogens is 2. The first kappa shape index (κ1) is 15.2. The monoisotopic (exact) mass is 277 g/mol. The Morgan fingerprint density at radius 2 is 2.11 bits per heavy atom. The van der Waals surface area contributed by atoms with Gasteiger partial charge in [0.25, 0.3) is 0 Å². The Bertz CT molecular complexity index is 335. The fourth-order valence-corrected chi connectivity index (χ4v) is 1.73. The average Bonchev–Trinajstić information content (AvgIpc) is 2.79. The third-order valence-corrected chi connectivity index (χ3v) is 2.68. The number of halogens is 1. The van der Waals surface area contributed by atoms with Crippen LogP contribution >= 0.6 is 11.6 Å². The van der Waals surface area contributed by atoms with Gasteiger partial charge in [0, 0.05) is 33.1 Å². The lowest BCUT2D eigenvalue weighted by Crippen LogP contribution is -2.38. The lowest BCUT2D eigenvalue weighted by atomic mass is 10.3. The molecule has 0 N–H and O–H groups in total. The van der Waals surface area contributed by atoms with Crippen LogP contribution in [-0.4, -0.2) is 56.1 Å². The van der Waals surface area contributed by atoms with Crippen LogP contribution in [0.2, 0.25) is 0 Å². The molecular formula is C11H20ClN3O3. The zero-order valence-electron chi connectivity index (χ0n) is 11.1. The zero-order chi connectivity index (χ0) is 13.4. The smallest absolute Gasteiger partial charge is 0.318 e. The van der Waals surface area contributed by atoms with E-state index in [1.54, 1.807) is 14.2 Å². The molecule has 0 aliphatic carbocycles. The van der Waals surface area contributed by atoms with E-state index in [9.17, 15) is 0 Å². The molecule has 1 heterocycles. The molecular weight excluding hydrogens is 258 g/mol. The van der Waals surface area contributed by atoms with Gasteiger partial charge in [0.15, 0.2) is 0 Å². The fourth-order valence-electron chi connectivity index (χ4n) is 1.57. The van der Waals surface area contributed by atoms with E-state index in [0.29, 0.717) is 44.0 Å². The number of hydrogen-bond acceptors (Lipinski definition) is 6. The number of methoxy groups -OCH3 is 2. The van der Waals surface area contributed by atoms with Gasteiger partial charge in [-0.2, -0.15) is 0 Å². The minimum Gasteiger partial charge on any atom is -0.408 e. The van der Waals surface area contributed by atoms with Crippen molar-refractivity contribution < 1.29 is 13.9 Å². The first-order valence-electron chi connectivity index (χ1n) is 5.85.